The normalized spacial score (nSPS) is 11.2. The second-order valence-electron chi connectivity index (χ2n) is 4.40. The average molecular weight is 360 g/mol. The van der Waals surface area contributed by atoms with Crippen molar-refractivity contribution >= 4 is 44.9 Å². The van der Waals surface area contributed by atoms with E-state index in [0.29, 0.717) is 10.7 Å². The number of carboxylic acid groups (broad SMARTS) is 1. The lowest BCUT2D eigenvalue weighted by Gasteiger charge is -2.20. The van der Waals surface area contributed by atoms with Gasteiger partial charge < -0.3 is 5.11 Å². The van der Waals surface area contributed by atoms with E-state index in [0.717, 1.165) is 10.4 Å². The van der Waals surface area contributed by atoms with Gasteiger partial charge in [-0.2, -0.15) is 0 Å². The zero-order chi connectivity index (χ0) is 16.5. The van der Waals surface area contributed by atoms with Gasteiger partial charge in [-0.3, -0.25) is 4.31 Å². The van der Waals surface area contributed by atoms with Gasteiger partial charge in [0.05, 0.1) is 16.3 Å². The standard InChI is InChI=1S/C14H11Cl2NO4S/c1-17(11-5-3-10(15)4-6-11)22(20,21)13-8-9(14(18)19)2-7-12(13)16/h2-8H,1H3,(H,18,19). The van der Waals surface area contributed by atoms with Crippen molar-refractivity contribution < 1.29 is 18.3 Å². The van der Waals surface area contributed by atoms with Gasteiger partial charge in [-0.15, -0.1) is 0 Å². The second-order valence-corrected chi connectivity index (χ2v) is 7.18. The first-order valence-corrected chi connectivity index (χ1v) is 8.20. The first kappa shape index (κ1) is 16.6. The van der Waals surface area contributed by atoms with Crippen molar-refractivity contribution in [2.75, 3.05) is 11.4 Å². The molecule has 22 heavy (non-hydrogen) atoms. The van der Waals surface area contributed by atoms with E-state index in [1.54, 1.807) is 12.1 Å². The van der Waals surface area contributed by atoms with Gasteiger partial charge in [0, 0.05) is 12.1 Å². The number of hydrogen-bond donors (Lipinski definition) is 1. The van der Waals surface area contributed by atoms with Crippen molar-refractivity contribution in [2.45, 2.75) is 4.90 Å². The minimum atomic E-state index is -4.00. The van der Waals surface area contributed by atoms with Crippen LogP contribution < -0.4 is 4.31 Å². The predicted molar refractivity (Wildman–Crippen MR) is 85.5 cm³/mol. The number of carbonyl (C=O) groups is 1. The van der Waals surface area contributed by atoms with E-state index < -0.39 is 16.0 Å². The Kier molecular flexibility index (Phi) is 4.65. The van der Waals surface area contributed by atoms with Gasteiger partial charge in [-0.1, -0.05) is 23.2 Å². The van der Waals surface area contributed by atoms with E-state index in [1.165, 1.54) is 31.3 Å². The molecule has 0 atom stereocenters. The number of halogens is 2. The summed E-state index contributed by atoms with van der Waals surface area (Å²) >= 11 is 11.7. The summed E-state index contributed by atoms with van der Waals surface area (Å²) in [6.45, 7) is 0. The monoisotopic (exact) mass is 359 g/mol. The quantitative estimate of drug-likeness (QED) is 0.905. The van der Waals surface area contributed by atoms with E-state index in [9.17, 15) is 13.2 Å². The fraction of sp³-hybridized carbons (Fsp3) is 0.0714. The number of benzene rings is 2. The highest BCUT2D eigenvalue weighted by Crippen LogP contribution is 2.29. The summed E-state index contributed by atoms with van der Waals surface area (Å²) < 4.78 is 26.3. The highest BCUT2D eigenvalue weighted by atomic mass is 35.5. The third kappa shape index (κ3) is 3.19. The molecule has 0 saturated carbocycles. The van der Waals surface area contributed by atoms with Crippen molar-refractivity contribution in [3.05, 3.63) is 58.1 Å². The molecule has 0 saturated heterocycles. The Balaban J connectivity index is 2.52. The van der Waals surface area contributed by atoms with Crippen LogP contribution in [0.3, 0.4) is 0 Å². The van der Waals surface area contributed by atoms with Gasteiger partial charge in [0.1, 0.15) is 4.90 Å². The van der Waals surface area contributed by atoms with Crippen LogP contribution in [-0.2, 0) is 10.0 Å². The molecule has 116 valence electrons. The van der Waals surface area contributed by atoms with Crippen molar-refractivity contribution in [1.82, 2.24) is 0 Å². The molecule has 0 aromatic heterocycles. The molecule has 0 radical (unpaired) electrons. The van der Waals surface area contributed by atoms with Crippen LogP contribution in [0.4, 0.5) is 5.69 Å². The fourth-order valence-electron chi connectivity index (χ4n) is 1.77. The Morgan fingerprint density at radius 1 is 1.09 bits per heavy atom. The smallest absolute Gasteiger partial charge is 0.335 e. The Morgan fingerprint density at radius 3 is 2.23 bits per heavy atom. The molecule has 0 aliphatic heterocycles. The molecule has 0 amide bonds. The molecule has 0 unspecified atom stereocenters. The molecule has 8 heteroatoms. The zero-order valence-corrected chi connectivity index (χ0v) is 13.7. The van der Waals surface area contributed by atoms with Crippen molar-refractivity contribution in [2.24, 2.45) is 0 Å². The number of rotatable bonds is 4. The lowest BCUT2D eigenvalue weighted by molar-refractivity contribution is 0.0696. The third-order valence-electron chi connectivity index (χ3n) is 3.01. The Labute approximate surface area is 137 Å². The summed E-state index contributed by atoms with van der Waals surface area (Å²) in [7, 11) is -2.65. The summed E-state index contributed by atoms with van der Waals surface area (Å²) in [4.78, 5) is 10.7. The number of carboxylic acids is 1. The first-order chi connectivity index (χ1) is 10.2. The van der Waals surface area contributed by atoms with Gasteiger partial charge in [-0.25, -0.2) is 13.2 Å². The molecule has 0 aliphatic carbocycles. The molecule has 0 aliphatic rings. The number of sulfonamides is 1. The van der Waals surface area contributed by atoms with Gasteiger partial charge in [0.2, 0.25) is 0 Å². The van der Waals surface area contributed by atoms with Crippen molar-refractivity contribution in [1.29, 1.82) is 0 Å². The van der Waals surface area contributed by atoms with E-state index >= 15 is 0 Å². The van der Waals surface area contributed by atoms with Crippen LogP contribution in [0.15, 0.2) is 47.4 Å². The van der Waals surface area contributed by atoms with Crippen LogP contribution in [0.25, 0.3) is 0 Å². The molecule has 1 N–H and O–H groups in total. The van der Waals surface area contributed by atoms with E-state index in [-0.39, 0.29) is 15.5 Å². The lowest BCUT2D eigenvalue weighted by atomic mass is 10.2. The minimum Gasteiger partial charge on any atom is -0.478 e. The van der Waals surface area contributed by atoms with Gasteiger partial charge in [0.25, 0.3) is 10.0 Å². The van der Waals surface area contributed by atoms with Crippen LogP contribution in [0.2, 0.25) is 10.0 Å². The Morgan fingerprint density at radius 2 is 1.68 bits per heavy atom. The number of hydrogen-bond acceptors (Lipinski definition) is 3. The highest BCUT2D eigenvalue weighted by Gasteiger charge is 2.25. The summed E-state index contributed by atoms with van der Waals surface area (Å²) in [6, 6.07) is 9.70. The van der Waals surface area contributed by atoms with Gasteiger partial charge >= 0.3 is 5.97 Å². The Bertz CT molecular complexity index is 819. The number of anilines is 1. The molecular weight excluding hydrogens is 349 g/mol. The van der Waals surface area contributed by atoms with E-state index in [2.05, 4.69) is 0 Å². The van der Waals surface area contributed by atoms with Crippen LogP contribution in [0.5, 0.6) is 0 Å². The third-order valence-corrected chi connectivity index (χ3v) is 5.53. The zero-order valence-electron chi connectivity index (χ0n) is 11.3. The maximum Gasteiger partial charge on any atom is 0.335 e. The second kappa shape index (κ2) is 6.16. The molecular formula is C14H11Cl2NO4S. The van der Waals surface area contributed by atoms with E-state index in [4.69, 9.17) is 28.3 Å². The van der Waals surface area contributed by atoms with Crippen LogP contribution >= 0.6 is 23.2 Å². The molecule has 2 aromatic rings. The molecule has 0 bridgehead atoms. The van der Waals surface area contributed by atoms with Crippen LogP contribution in [0, 0.1) is 0 Å². The maximum atomic E-state index is 12.6. The largest absolute Gasteiger partial charge is 0.478 e. The molecule has 2 aromatic carbocycles. The molecule has 5 nitrogen and oxygen atoms in total. The molecule has 0 fully saturated rings. The summed E-state index contributed by atoms with van der Waals surface area (Å²) in [5, 5.41) is 9.41. The summed E-state index contributed by atoms with van der Waals surface area (Å²) in [5.74, 6) is -1.23. The summed E-state index contributed by atoms with van der Waals surface area (Å²) in [6.07, 6.45) is 0. The summed E-state index contributed by atoms with van der Waals surface area (Å²) in [5.41, 5.74) is 0.216. The van der Waals surface area contributed by atoms with Gasteiger partial charge in [-0.05, 0) is 42.5 Å². The SMILES string of the molecule is CN(c1ccc(Cl)cc1)S(=O)(=O)c1cc(C(=O)O)ccc1Cl. The first-order valence-electron chi connectivity index (χ1n) is 6.01. The highest BCUT2D eigenvalue weighted by molar-refractivity contribution is 7.93. The van der Waals surface area contributed by atoms with Crippen molar-refractivity contribution in [3.8, 4) is 0 Å². The fourth-order valence-corrected chi connectivity index (χ4v) is 3.59. The maximum absolute atomic E-state index is 12.6. The minimum absolute atomic E-state index is 0.0502. The molecule has 2 rings (SSSR count). The molecule has 0 heterocycles. The Hall–Kier alpha value is -1.76. The average Bonchev–Trinajstić information content (AvgIpc) is 2.47. The predicted octanol–water partition coefficient (Wildman–Crippen LogP) is 3.52. The topological polar surface area (TPSA) is 74.7 Å². The van der Waals surface area contributed by atoms with Crippen LogP contribution in [-0.4, -0.2) is 26.5 Å². The van der Waals surface area contributed by atoms with Crippen molar-refractivity contribution in [3.63, 3.8) is 0 Å². The number of aromatic carboxylic acids is 1. The van der Waals surface area contributed by atoms with E-state index in [1.807, 2.05) is 0 Å². The van der Waals surface area contributed by atoms with Crippen LogP contribution in [0.1, 0.15) is 10.4 Å². The lowest BCUT2D eigenvalue weighted by Crippen LogP contribution is -2.27. The number of nitrogens with zero attached hydrogens (tertiary/aromatic N) is 1. The molecule has 0 spiro atoms. The van der Waals surface area contributed by atoms with Gasteiger partial charge in [0.15, 0.2) is 0 Å².